The van der Waals surface area contributed by atoms with E-state index in [2.05, 4.69) is 32.7 Å². The van der Waals surface area contributed by atoms with E-state index in [1.807, 2.05) is 0 Å². The highest BCUT2D eigenvalue weighted by Crippen LogP contribution is 1.82. The van der Waals surface area contributed by atoms with Gasteiger partial charge in [-0.2, -0.15) is 0 Å². The Morgan fingerprint density at radius 2 is 2.10 bits per heavy atom. The summed E-state index contributed by atoms with van der Waals surface area (Å²) in [5, 5.41) is 1.69. The van der Waals surface area contributed by atoms with Crippen molar-refractivity contribution < 1.29 is 19.4 Å². The van der Waals surface area contributed by atoms with Gasteiger partial charge in [-0.1, -0.05) is 0 Å². The van der Waals surface area contributed by atoms with E-state index in [1.165, 1.54) is 0 Å². The molecule has 0 saturated carbocycles. The largest absolute Gasteiger partial charge is 0.484 e. The topological polar surface area (TPSA) is 91.0 Å². The Hall–Kier alpha value is -1.46. The maximum Gasteiger partial charge on any atom is 0.484 e. The summed E-state index contributed by atoms with van der Waals surface area (Å²) >= 11 is 4.02. The number of primary amides is 1. The van der Waals surface area contributed by atoms with Gasteiger partial charge in [0.25, 0.3) is 0 Å². The van der Waals surface area contributed by atoms with E-state index in [9.17, 15) is 9.59 Å². The number of nitrogens with two attached hydrogens (primary N) is 1. The number of aliphatic imine (C=N–C) groups is 1. The Bertz CT molecular complexity index is 197. The van der Waals surface area contributed by atoms with Crippen molar-refractivity contribution in [1.82, 2.24) is 0 Å². The van der Waals surface area contributed by atoms with Gasteiger partial charge in [0, 0.05) is 0 Å². The first-order valence-electron chi connectivity index (χ1n) is 1.92. The Kier molecular flexibility index (Phi) is 3.78. The van der Waals surface area contributed by atoms with Crippen molar-refractivity contribution in [3.63, 3.8) is 0 Å². The zero-order valence-electron chi connectivity index (χ0n) is 4.57. The molecule has 0 atom stereocenters. The predicted molar refractivity (Wildman–Crippen MR) is 32.2 cm³/mol. The lowest BCUT2D eigenvalue weighted by Gasteiger charge is -1.91. The lowest BCUT2D eigenvalue weighted by atomic mass is 11.2. The molecule has 0 saturated heterocycles. The lowest BCUT2D eigenvalue weighted by molar-refractivity contribution is -0.172. The van der Waals surface area contributed by atoms with Gasteiger partial charge in [-0.3, -0.25) is 0 Å². The lowest BCUT2D eigenvalue weighted by Crippen LogP contribution is -2.14. The first kappa shape index (κ1) is 8.54. The highest BCUT2D eigenvalue weighted by Gasteiger charge is 2.01. The van der Waals surface area contributed by atoms with Crippen molar-refractivity contribution in [1.29, 1.82) is 0 Å². The van der Waals surface area contributed by atoms with Crippen LogP contribution in [-0.2, 0) is 9.78 Å². The van der Waals surface area contributed by atoms with Crippen molar-refractivity contribution >= 4 is 29.6 Å². The number of carbonyl (C=O) groups is 2. The fourth-order valence-electron chi connectivity index (χ4n) is 0.133. The van der Waals surface area contributed by atoms with E-state index in [1.54, 1.807) is 5.16 Å². The normalized spacial score (nSPS) is 7.20. The first-order valence-corrected chi connectivity index (χ1v) is 2.33. The molecule has 0 unspecified atom stereocenters. The van der Waals surface area contributed by atoms with Gasteiger partial charge in [0.2, 0.25) is 0 Å². The van der Waals surface area contributed by atoms with E-state index < -0.39 is 12.2 Å². The molecule has 0 aliphatic carbocycles. The summed E-state index contributed by atoms with van der Waals surface area (Å²) in [6, 6.07) is 0. The second-order valence-corrected chi connectivity index (χ2v) is 1.14. The Morgan fingerprint density at radius 3 is 2.50 bits per heavy atom. The quantitative estimate of drug-likeness (QED) is 0.238. The number of hydrogen-bond acceptors (Lipinski definition) is 5. The van der Waals surface area contributed by atoms with Gasteiger partial charge in [-0.25, -0.2) is 19.4 Å². The molecule has 10 heavy (non-hydrogen) atoms. The van der Waals surface area contributed by atoms with Crippen LogP contribution >= 0.6 is 12.2 Å². The van der Waals surface area contributed by atoms with E-state index in [0.717, 1.165) is 0 Å². The fraction of sp³-hybridized carbons (Fsp3) is 0. The van der Waals surface area contributed by atoms with Crippen LogP contribution in [0.2, 0.25) is 0 Å². The Morgan fingerprint density at radius 1 is 1.50 bits per heavy atom. The second-order valence-electron chi connectivity index (χ2n) is 0.955. The zero-order chi connectivity index (χ0) is 7.98. The smallest absolute Gasteiger partial charge is 0.332 e. The third-order valence-electron chi connectivity index (χ3n) is 0.332. The summed E-state index contributed by atoms with van der Waals surface area (Å²) in [4.78, 5) is 29.8. The number of isothiocyanates is 1. The highest BCUT2D eigenvalue weighted by atomic mass is 32.1. The van der Waals surface area contributed by atoms with Crippen molar-refractivity contribution in [2.45, 2.75) is 0 Å². The number of nitrogens with zero attached hydrogens (tertiary/aromatic N) is 1. The molecule has 7 heteroatoms. The van der Waals surface area contributed by atoms with Crippen LogP contribution in [0.5, 0.6) is 0 Å². The van der Waals surface area contributed by atoms with Crippen LogP contribution in [0.4, 0.5) is 9.59 Å². The molecule has 2 N–H and O–H groups in total. The average molecular weight is 162 g/mol. The highest BCUT2D eigenvalue weighted by molar-refractivity contribution is 7.78. The molecule has 0 aliphatic heterocycles. The number of amides is 2. The first-order chi connectivity index (χ1) is 4.66. The van der Waals surface area contributed by atoms with Gasteiger partial charge >= 0.3 is 12.2 Å². The van der Waals surface area contributed by atoms with Crippen molar-refractivity contribution in [2.75, 3.05) is 0 Å². The molecule has 0 spiro atoms. The molecule has 0 aromatic carbocycles. The summed E-state index contributed by atoms with van der Waals surface area (Å²) in [5.41, 5.74) is 4.41. The van der Waals surface area contributed by atoms with Gasteiger partial charge < -0.3 is 5.73 Å². The van der Waals surface area contributed by atoms with Crippen molar-refractivity contribution in [3.8, 4) is 0 Å². The summed E-state index contributed by atoms with van der Waals surface area (Å²) in [5.74, 6) is 0. The SMILES string of the molecule is NC(=O)OOC(=O)N=C=S. The van der Waals surface area contributed by atoms with E-state index in [0.29, 0.717) is 0 Å². The third-order valence-corrected chi connectivity index (χ3v) is 0.423. The van der Waals surface area contributed by atoms with Gasteiger partial charge in [-0.15, -0.1) is 4.99 Å². The van der Waals surface area contributed by atoms with Gasteiger partial charge in [0.05, 0.1) is 5.16 Å². The van der Waals surface area contributed by atoms with E-state index in [-0.39, 0.29) is 0 Å². The Balaban J connectivity index is 3.60. The maximum absolute atomic E-state index is 10.1. The van der Waals surface area contributed by atoms with Gasteiger partial charge in [0.1, 0.15) is 0 Å². The van der Waals surface area contributed by atoms with Crippen LogP contribution < -0.4 is 5.73 Å². The van der Waals surface area contributed by atoms with Crippen molar-refractivity contribution in [2.24, 2.45) is 10.7 Å². The summed E-state index contributed by atoms with van der Waals surface area (Å²) in [7, 11) is 0. The monoisotopic (exact) mass is 162 g/mol. The Labute approximate surface area is 60.5 Å². The molecule has 2 amide bonds. The molecule has 0 bridgehead atoms. The molecule has 6 nitrogen and oxygen atoms in total. The molecule has 0 rings (SSSR count). The van der Waals surface area contributed by atoms with Gasteiger partial charge in [0.15, 0.2) is 0 Å². The summed E-state index contributed by atoms with van der Waals surface area (Å²) in [6.45, 7) is 0. The number of hydrogen-bond donors (Lipinski definition) is 1. The molecule has 0 aliphatic rings. The summed E-state index contributed by atoms with van der Waals surface area (Å²) < 4.78 is 0. The van der Waals surface area contributed by atoms with Crippen LogP contribution in [0.25, 0.3) is 0 Å². The number of rotatable bonds is 0. The molecular weight excluding hydrogens is 160 g/mol. The van der Waals surface area contributed by atoms with E-state index >= 15 is 0 Å². The van der Waals surface area contributed by atoms with Crippen molar-refractivity contribution in [3.05, 3.63) is 0 Å². The van der Waals surface area contributed by atoms with Crippen LogP contribution in [0.3, 0.4) is 0 Å². The minimum Gasteiger partial charge on any atom is -0.332 e. The van der Waals surface area contributed by atoms with Crippen LogP contribution in [-0.4, -0.2) is 17.3 Å². The molecular formula is C3H2N2O4S. The molecule has 0 aromatic rings. The number of thiocarbonyl (C=S) groups is 1. The summed E-state index contributed by atoms with van der Waals surface area (Å²) in [6.07, 6.45) is -2.43. The maximum atomic E-state index is 10.1. The fourth-order valence-corrected chi connectivity index (χ4v) is 0.207. The second kappa shape index (κ2) is 4.42. The zero-order valence-corrected chi connectivity index (χ0v) is 5.38. The van der Waals surface area contributed by atoms with Crippen LogP contribution in [0, 0.1) is 0 Å². The minimum atomic E-state index is -1.24. The molecule has 54 valence electrons. The predicted octanol–water partition coefficient (Wildman–Crippen LogP) is 0.236. The molecule has 0 aromatic heterocycles. The average Bonchev–Trinajstić information content (AvgIpc) is 1.85. The molecule has 0 radical (unpaired) electrons. The molecule has 0 heterocycles. The van der Waals surface area contributed by atoms with Crippen LogP contribution in [0.1, 0.15) is 0 Å². The van der Waals surface area contributed by atoms with Crippen LogP contribution in [0.15, 0.2) is 4.99 Å². The standard InChI is InChI=1S/C3H2N2O4S/c4-2(6)8-9-3(7)5-1-10/h(H2,4,6). The van der Waals surface area contributed by atoms with Gasteiger partial charge in [-0.05, 0) is 12.2 Å². The van der Waals surface area contributed by atoms with E-state index in [4.69, 9.17) is 0 Å². The third kappa shape index (κ3) is 4.69. The number of carbonyl (C=O) groups excluding carboxylic acids is 2. The minimum absolute atomic E-state index is 1.19. The molecule has 0 fully saturated rings.